The van der Waals surface area contributed by atoms with Crippen molar-refractivity contribution in [2.75, 3.05) is 5.32 Å². The molecule has 2 aromatic carbocycles. The van der Waals surface area contributed by atoms with E-state index >= 15 is 0 Å². The first kappa shape index (κ1) is 19.6. The monoisotopic (exact) mass is 392 g/mol. The molecular weight excluding hydrogens is 372 g/mol. The third kappa shape index (κ3) is 5.41. The Labute approximate surface area is 169 Å². The average molecular weight is 393 g/mol. The van der Waals surface area contributed by atoms with Crippen LogP contribution in [0, 0.1) is 13.8 Å². The van der Waals surface area contributed by atoms with E-state index < -0.39 is 0 Å². The Morgan fingerprint density at radius 2 is 1.96 bits per heavy atom. The second-order valence-corrected chi connectivity index (χ2v) is 6.87. The quantitative estimate of drug-likeness (QED) is 0.497. The molecule has 3 rings (SSSR count). The van der Waals surface area contributed by atoms with E-state index in [0.717, 1.165) is 22.4 Å². The van der Waals surface area contributed by atoms with Gasteiger partial charge in [-0.3, -0.25) is 15.1 Å². The van der Waals surface area contributed by atoms with E-state index in [-0.39, 0.29) is 5.91 Å². The number of benzene rings is 2. The summed E-state index contributed by atoms with van der Waals surface area (Å²) in [7, 11) is 0. The van der Waals surface area contributed by atoms with Crippen LogP contribution in [0.3, 0.4) is 0 Å². The zero-order chi connectivity index (χ0) is 19.9. The molecule has 0 bridgehead atoms. The number of rotatable bonds is 4. The van der Waals surface area contributed by atoms with Crippen molar-refractivity contribution in [1.82, 2.24) is 10.3 Å². The molecule has 0 unspecified atom stereocenters. The van der Waals surface area contributed by atoms with Crippen LogP contribution >= 0.6 is 11.6 Å². The fraction of sp³-hybridized carbons (Fsp3) is 0.136. The number of anilines is 1. The van der Waals surface area contributed by atoms with Crippen LogP contribution in [0.4, 0.5) is 5.69 Å². The summed E-state index contributed by atoms with van der Waals surface area (Å²) >= 11 is 6.04. The molecule has 28 heavy (non-hydrogen) atoms. The second kappa shape index (κ2) is 9.15. The molecule has 3 aromatic rings. The SMILES string of the molecule is Cc1cccc(C(=O)NC(=NCc2cccnc2)Nc2ccc(Cl)cc2C)c1. The number of amides is 1. The van der Waals surface area contributed by atoms with Gasteiger partial charge in [-0.2, -0.15) is 0 Å². The number of aliphatic imine (C=N–C) groups is 1. The number of hydrogen-bond donors (Lipinski definition) is 2. The number of halogens is 1. The first-order valence-electron chi connectivity index (χ1n) is 8.86. The van der Waals surface area contributed by atoms with Gasteiger partial charge < -0.3 is 5.32 Å². The summed E-state index contributed by atoms with van der Waals surface area (Å²) in [5, 5.41) is 6.72. The van der Waals surface area contributed by atoms with Gasteiger partial charge in [-0.1, -0.05) is 35.4 Å². The number of carbonyl (C=O) groups is 1. The summed E-state index contributed by atoms with van der Waals surface area (Å²) in [4.78, 5) is 21.3. The molecule has 1 heterocycles. The number of aryl methyl sites for hydroxylation is 2. The van der Waals surface area contributed by atoms with Crippen molar-refractivity contribution >= 4 is 29.2 Å². The van der Waals surface area contributed by atoms with E-state index in [0.29, 0.717) is 23.1 Å². The highest BCUT2D eigenvalue weighted by Crippen LogP contribution is 2.19. The van der Waals surface area contributed by atoms with Crippen LogP contribution in [0.5, 0.6) is 0 Å². The van der Waals surface area contributed by atoms with E-state index in [2.05, 4.69) is 20.6 Å². The van der Waals surface area contributed by atoms with Crippen LogP contribution in [0.1, 0.15) is 27.0 Å². The number of guanidine groups is 1. The van der Waals surface area contributed by atoms with Crippen LogP contribution in [0.15, 0.2) is 72.0 Å². The lowest BCUT2D eigenvalue weighted by Gasteiger charge is -2.14. The molecular formula is C22H21ClN4O. The lowest BCUT2D eigenvalue weighted by atomic mass is 10.1. The largest absolute Gasteiger partial charge is 0.326 e. The summed E-state index contributed by atoms with van der Waals surface area (Å²) in [6, 6.07) is 16.7. The van der Waals surface area contributed by atoms with Crippen molar-refractivity contribution in [2.45, 2.75) is 20.4 Å². The Hall–Kier alpha value is -3.18. The highest BCUT2D eigenvalue weighted by molar-refractivity contribution is 6.30. The van der Waals surface area contributed by atoms with Crippen molar-refractivity contribution in [3.8, 4) is 0 Å². The molecule has 0 aliphatic rings. The molecule has 0 aliphatic heterocycles. The van der Waals surface area contributed by atoms with E-state index in [9.17, 15) is 4.79 Å². The first-order chi connectivity index (χ1) is 13.5. The van der Waals surface area contributed by atoms with Gasteiger partial charge in [0.15, 0.2) is 0 Å². The van der Waals surface area contributed by atoms with E-state index in [1.54, 1.807) is 24.5 Å². The number of nitrogens with zero attached hydrogens (tertiary/aromatic N) is 2. The van der Waals surface area contributed by atoms with Gasteiger partial charge >= 0.3 is 0 Å². The van der Waals surface area contributed by atoms with Gasteiger partial charge in [0, 0.05) is 28.7 Å². The van der Waals surface area contributed by atoms with Crippen LogP contribution in [-0.2, 0) is 6.54 Å². The lowest BCUT2D eigenvalue weighted by molar-refractivity contribution is 0.0977. The third-order valence-corrected chi connectivity index (χ3v) is 4.33. The van der Waals surface area contributed by atoms with Gasteiger partial charge in [-0.15, -0.1) is 0 Å². The Morgan fingerprint density at radius 1 is 1.11 bits per heavy atom. The van der Waals surface area contributed by atoms with Crippen molar-refractivity contribution < 1.29 is 4.79 Å². The number of aromatic nitrogens is 1. The molecule has 6 heteroatoms. The van der Waals surface area contributed by atoms with Crippen molar-refractivity contribution in [3.63, 3.8) is 0 Å². The predicted octanol–water partition coefficient (Wildman–Crippen LogP) is 4.75. The maximum Gasteiger partial charge on any atom is 0.257 e. The van der Waals surface area contributed by atoms with Crippen LogP contribution < -0.4 is 10.6 Å². The van der Waals surface area contributed by atoms with Crippen molar-refractivity contribution in [1.29, 1.82) is 0 Å². The minimum absolute atomic E-state index is 0.229. The molecule has 0 aliphatic carbocycles. The standard InChI is InChI=1S/C22H21ClN4O/c1-15-5-3-7-18(11-15)21(28)27-22(25-14-17-6-4-10-24-13-17)26-20-9-8-19(23)12-16(20)2/h3-13H,14H2,1-2H3,(H2,25,26,27,28). The molecule has 0 fully saturated rings. The fourth-order valence-electron chi connectivity index (χ4n) is 2.63. The summed E-state index contributed by atoms with van der Waals surface area (Å²) in [5.41, 5.74) is 4.30. The van der Waals surface area contributed by atoms with Crippen LogP contribution in [0.2, 0.25) is 5.02 Å². The molecule has 5 nitrogen and oxygen atoms in total. The second-order valence-electron chi connectivity index (χ2n) is 6.43. The maximum absolute atomic E-state index is 12.7. The van der Waals surface area contributed by atoms with E-state index in [4.69, 9.17) is 11.6 Å². The average Bonchev–Trinajstić information content (AvgIpc) is 2.69. The van der Waals surface area contributed by atoms with Crippen LogP contribution in [0.25, 0.3) is 0 Å². The van der Waals surface area contributed by atoms with Crippen LogP contribution in [-0.4, -0.2) is 16.9 Å². The number of nitrogens with one attached hydrogen (secondary N) is 2. The number of carbonyl (C=O) groups excluding carboxylic acids is 1. The highest BCUT2D eigenvalue weighted by Gasteiger charge is 2.11. The Morgan fingerprint density at radius 3 is 2.68 bits per heavy atom. The zero-order valence-electron chi connectivity index (χ0n) is 15.7. The van der Waals surface area contributed by atoms with E-state index in [1.807, 2.05) is 56.3 Å². The lowest BCUT2D eigenvalue weighted by Crippen LogP contribution is -2.36. The first-order valence-corrected chi connectivity index (χ1v) is 9.23. The minimum Gasteiger partial charge on any atom is -0.326 e. The van der Waals surface area contributed by atoms with Gasteiger partial charge in [0.05, 0.1) is 6.54 Å². The van der Waals surface area contributed by atoms with Gasteiger partial charge in [0.2, 0.25) is 5.96 Å². The minimum atomic E-state index is -0.229. The molecule has 0 radical (unpaired) electrons. The van der Waals surface area contributed by atoms with E-state index in [1.165, 1.54) is 0 Å². The Kier molecular flexibility index (Phi) is 6.40. The number of pyridine rings is 1. The smallest absolute Gasteiger partial charge is 0.257 e. The summed E-state index contributed by atoms with van der Waals surface area (Å²) in [6.45, 7) is 4.27. The predicted molar refractivity (Wildman–Crippen MR) is 114 cm³/mol. The fourth-order valence-corrected chi connectivity index (χ4v) is 2.86. The van der Waals surface area contributed by atoms with Gasteiger partial charge in [-0.05, 0) is 61.4 Å². The zero-order valence-corrected chi connectivity index (χ0v) is 16.5. The molecule has 142 valence electrons. The maximum atomic E-state index is 12.7. The Balaban J connectivity index is 1.84. The number of hydrogen-bond acceptors (Lipinski definition) is 3. The summed E-state index contributed by atoms with van der Waals surface area (Å²) in [5.74, 6) is 0.133. The van der Waals surface area contributed by atoms with Gasteiger partial charge in [-0.25, -0.2) is 4.99 Å². The molecule has 0 saturated heterocycles. The van der Waals surface area contributed by atoms with Gasteiger partial charge in [0.1, 0.15) is 0 Å². The molecule has 0 spiro atoms. The molecule has 1 amide bonds. The topological polar surface area (TPSA) is 66.4 Å². The van der Waals surface area contributed by atoms with Crippen molar-refractivity contribution in [2.24, 2.45) is 4.99 Å². The molecule has 1 aromatic heterocycles. The molecule has 0 atom stereocenters. The normalized spacial score (nSPS) is 11.2. The summed E-state index contributed by atoms with van der Waals surface area (Å²) < 4.78 is 0. The molecule has 0 saturated carbocycles. The van der Waals surface area contributed by atoms with Crippen molar-refractivity contribution in [3.05, 3.63) is 94.3 Å². The molecule has 2 N–H and O–H groups in total. The highest BCUT2D eigenvalue weighted by atomic mass is 35.5. The third-order valence-electron chi connectivity index (χ3n) is 4.10. The summed E-state index contributed by atoms with van der Waals surface area (Å²) in [6.07, 6.45) is 3.46. The van der Waals surface area contributed by atoms with Gasteiger partial charge in [0.25, 0.3) is 5.91 Å². The Bertz CT molecular complexity index is 1000.